The molecular formula is C18H22N6O3S3. The van der Waals surface area contributed by atoms with Gasteiger partial charge in [0.2, 0.25) is 5.91 Å². The Hall–Kier alpha value is -2.12. The Labute approximate surface area is 182 Å². The largest absolute Gasteiger partial charge is 0.329 e. The predicted molar refractivity (Wildman–Crippen MR) is 119 cm³/mol. The number of thiazole rings is 1. The molecule has 3 aromatic rings. The van der Waals surface area contributed by atoms with Gasteiger partial charge in [-0.15, -0.1) is 11.3 Å². The molecule has 1 aliphatic rings. The molecule has 1 fully saturated rings. The van der Waals surface area contributed by atoms with Crippen LogP contribution in [0.15, 0.2) is 34.0 Å². The summed E-state index contributed by atoms with van der Waals surface area (Å²) in [6.45, 7) is 3.21. The van der Waals surface area contributed by atoms with E-state index < -0.39 is 10.0 Å². The Morgan fingerprint density at radius 2 is 2.13 bits per heavy atom. The number of aromatic nitrogens is 2. The average Bonchev–Trinajstić information content (AvgIpc) is 3.38. The summed E-state index contributed by atoms with van der Waals surface area (Å²) in [5, 5.41) is 5.05. The molecule has 12 heteroatoms. The maximum atomic E-state index is 12.6. The highest BCUT2D eigenvalue weighted by atomic mass is 32.2. The normalized spacial score (nSPS) is 16.0. The number of sulfonamides is 1. The number of nitrogens with one attached hydrogen (secondary N) is 2. The molecule has 0 saturated carbocycles. The van der Waals surface area contributed by atoms with E-state index in [1.165, 1.54) is 17.5 Å². The van der Waals surface area contributed by atoms with Crippen LogP contribution in [0.3, 0.4) is 0 Å². The highest BCUT2D eigenvalue weighted by Crippen LogP contribution is 2.29. The standard InChI is InChI=1S/C18H22N6O3S3/c19-5-8-24-6-3-12(4-7-24)17(25)22-18-21-16-14(29-18)10-13(11-20-16)23-30(26,27)15-2-1-9-28-15/h1-2,9-12,23H,3-8,19H2,(H,20,21,22,25). The highest BCUT2D eigenvalue weighted by Gasteiger charge is 2.25. The summed E-state index contributed by atoms with van der Waals surface area (Å²) in [4.78, 5) is 23.4. The van der Waals surface area contributed by atoms with Crippen molar-refractivity contribution < 1.29 is 13.2 Å². The van der Waals surface area contributed by atoms with Crippen LogP contribution < -0.4 is 15.8 Å². The quantitative estimate of drug-likeness (QED) is 0.486. The molecule has 3 aromatic heterocycles. The van der Waals surface area contributed by atoms with Crippen LogP contribution in [0, 0.1) is 5.92 Å². The second-order valence-electron chi connectivity index (χ2n) is 7.00. The van der Waals surface area contributed by atoms with E-state index in [0.29, 0.717) is 27.7 Å². The summed E-state index contributed by atoms with van der Waals surface area (Å²) in [5.41, 5.74) is 6.41. The van der Waals surface area contributed by atoms with Crippen LogP contribution in [0.1, 0.15) is 12.8 Å². The molecule has 4 N–H and O–H groups in total. The van der Waals surface area contributed by atoms with Gasteiger partial charge in [-0.25, -0.2) is 13.4 Å². The number of carbonyl (C=O) groups excluding carboxylic acids is 1. The molecule has 1 saturated heterocycles. The van der Waals surface area contributed by atoms with E-state index in [2.05, 4.69) is 24.9 Å². The minimum Gasteiger partial charge on any atom is -0.329 e. The minimum absolute atomic E-state index is 0.0416. The van der Waals surface area contributed by atoms with Crippen molar-refractivity contribution in [1.82, 2.24) is 14.9 Å². The van der Waals surface area contributed by atoms with E-state index in [-0.39, 0.29) is 16.0 Å². The van der Waals surface area contributed by atoms with E-state index in [9.17, 15) is 13.2 Å². The van der Waals surface area contributed by atoms with E-state index in [1.54, 1.807) is 23.6 Å². The summed E-state index contributed by atoms with van der Waals surface area (Å²) in [6.07, 6.45) is 3.01. The molecule has 160 valence electrons. The third-order valence-corrected chi connectivity index (χ3v) is 8.58. The first kappa shape index (κ1) is 21.1. The summed E-state index contributed by atoms with van der Waals surface area (Å²) < 4.78 is 28.2. The number of nitrogens with two attached hydrogens (primary N) is 1. The van der Waals surface area contributed by atoms with E-state index in [4.69, 9.17) is 5.73 Å². The van der Waals surface area contributed by atoms with Gasteiger partial charge in [0.15, 0.2) is 10.8 Å². The topological polar surface area (TPSA) is 130 Å². The van der Waals surface area contributed by atoms with Crippen LogP contribution in [0.5, 0.6) is 0 Å². The fourth-order valence-corrected chi connectivity index (χ4v) is 6.25. The van der Waals surface area contributed by atoms with Crippen molar-refractivity contribution in [3.8, 4) is 0 Å². The number of hydrogen-bond acceptors (Lipinski definition) is 9. The molecule has 0 bridgehead atoms. The molecule has 0 atom stereocenters. The average molecular weight is 467 g/mol. The molecule has 30 heavy (non-hydrogen) atoms. The monoisotopic (exact) mass is 466 g/mol. The van der Waals surface area contributed by atoms with Gasteiger partial charge in [0, 0.05) is 19.0 Å². The summed E-state index contributed by atoms with van der Waals surface area (Å²) in [6, 6.07) is 4.90. The second-order valence-corrected chi connectivity index (χ2v) is 10.9. The molecule has 1 amide bonds. The SMILES string of the molecule is NCCN1CCC(C(=O)Nc2nc3ncc(NS(=O)(=O)c4cccs4)cc3s2)CC1. The van der Waals surface area contributed by atoms with Crippen molar-refractivity contribution in [2.75, 3.05) is 36.2 Å². The zero-order valence-corrected chi connectivity index (χ0v) is 18.5. The number of nitrogens with zero attached hydrogens (tertiary/aromatic N) is 3. The third-order valence-electron chi connectivity index (χ3n) is 4.89. The van der Waals surface area contributed by atoms with E-state index >= 15 is 0 Å². The van der Waals surface area contributed by atoms with Crippen molar-refractivity contribution in [2.24, 2.45) is 11.7 Å². The van der Waals surface area contributed by atoms with Crippen molar-refractivity contribution in [3.05, 3.63) is 29.8 Å². The number of pyridine rings is 1. The fraction of sp³-hybridized carbons (Fsp3) is 0.389. The van der Waals surface area contributed by atoms with Crippen LogP contribution in [0.4, 0.5) is 10.8 Å². The smallest absolute Gasteiger partial charge is 0.271 e. The lowest BCUT2D eigenvalue weighted by atomic mass is 9.96. The van der Waals surface area contributed by atoms with Crippen molar-refractivity contribution in [2.45, 2.75) is 17.1 Å². The van der Waals surface area contributed by atoms with Crippen LogP contribution in [-0.2, 0) is 14.8 Å². The summed E-state index contributed by atoms with van der Waals surface area (Å²) in [7, 11) is -3.64. The fourth-order valence-electron chi connectivity index (χ4n) is 3.36. The summed E-state index contributed by atoms with van der Waals surface area (Å²) in [5.74, 6) is -0.0905. The van der Waals surface area contributed by atoms with Gasteiger partial charge in [0.1, 0.15) is 4.21 Å². The van der Waals surface area contributed by atoms with Gasteiger partial charge in [0.25, 0.3) is 10.0 Å². The van der Waals surface area contributed by atoms with E-state index in [0.717, 1.165) is 43.8 Å². The molecule has 9 nitrogen and oxygen atoms in total. The van der Waals surface area contributed by atoms with Crippen LogP contribution in [-0.4, -0.2) is 55.4 Å². The first-order valence-electron chi connectivity index (χ1n) is 9.51. The van der Waals surface area contributed by atoms with Gasteiger partial charge in [-0.05, 0) is 43.4 Å². The van der Waals surface area contributed by atoms with Crippen LogP contribution >= 0.6 is 22.7 Å². The predicted octanol–water partition coefficient (Wildman–Crippen LogP) is 2.16. The maximum Gasteiger partial charge on any atom is 0.271 e. The van der Waals surface area contributed by atoms with Crippen molar-refractivity contribution in [1.29, 1.82) is 0 Å². The number of hydrogen-bond donors (Lipinski definition) is 3. The molecule has 0 spiro atoms. The van der Waals surface area contributed by atoms with Gasteiger partial charge < -0.3 is 16.0 Å². The Kier molecular flexibility index (Phi) is 6.29. The molecule has 0 unspecified atom stereocenters. The van der Waals surface area contributed by atoms with Gasteiger partial charge in [-0.3, -0.25) is 9.52 Å². The number of rotatable bonds is 7. The van der Waals surface area contributed by atoms with Crippen LogP contribution in [0.2, 0.25) is 0 Å². The molecular weight excluding hydrogens is 444 g/mol. The summed E-state index contributed by atoms with van der Waals surface area (Å²) >= 11 is 2.41. The lowest BCUT2D eigenvalue weighted by molar-refractivity contribution is -0.121. The minimum atomic E-state index is -3.64. The van der Waals surface area contributed by atoms with Crippen LogP contribution in [0.25, 0.3) is 10.3 Å². The number of piperidine rings is 1. The van der Waals surface area contributed by atoms with Crippen molar-refractivity contribution in [3.63, 3.8) is 0 Å². The number of thiophene rings is 1. The van der Waals surface area contributed by atoms with Gasteiger partial charge in [-0.2, -0.15) is 4.98 Å². The van der Waals surface area contributed by atoms with E-state index in [1.807, 2.05) is 0 Å². The van der Waals surface area contributed by atoms with Gasteiger partial charge in [0.05, 0.1) is 16.6 Å². The Balaban J connectivity index is 1.42. The lowest BCUT2D eigenvalue weighted by Crippen LogP contribution is -2.40. The zero-order valence-electron chi connectivity index (χ0n) is 16.1. The first-order valence-corrected chi connectivity index (χ1v) is 12.7. The highest BCUT2D eigenvalue weighted by molar-refractivity contribution is 7.94. The Bertz CT molecular complexity index is 1120. The molecule has 0 radical (unpaired) electrons. The first-order chi connectivity index (χ1) is 14.4. The van der Waals surface area contributed by atoms with Gasteiger partial charge in [-0.1, -0.05) is 17.4 Å². The molecule has 1 aliphatic heterocycles. The molecule has 4 heterocycles. The Morgan fingerprint density at radius 3 is 2.83 bits per heavy atom. The van der Waals surface area contributed by atoms with Gasteiger partial charge >= 0.3 is 0 Å². The second kappa shape index (κ2) is 8.94. The number of likely N-dealkylation sites (tertiary alicyclic amines) is 1. The maximum absolute atomic E-state index is 12.6. The third kappa shape index (κ3) is 4.78. The molecule has 0 aromatic carbocycles. The van der Waals surface area contributed by atoms with Crippen molar-refractivity contribution >= 4 is 59.8 Å². The zero-order chi connectivity index (χ0) is 21.1. The number of fused-ring (bicyclic) bond motifs is 1. The number of anilines is 2. The lowest BCUT2D eigenvalue weighted by Gasteiger charge is -2.30. The number of amides is 1. The number of carbonyl (C=O) groups is 1. The molecule has 4 rings (SSSR count). The molecule has 0 aliphatic carbocycles. The Morgan fingerprint density at radius 1 is 1.33 bits per heavy atom.